The highest BCUT2D eigenvalue weighted by atomic mass is 16.5. The van der Waals surface area contributed by atoms with Crippen molar-refractivity contribution in [3.63, 3.8) is 0 Å². The number of likely N-dealkylation sites (tertiary alicyclic amines) is 1. The molecule has 3 rings (SSSR count). The standard InChI is InChI=1S/C18H23N3O4/c1-4-12-10-17(25-20-12)15-6-5-9-21(15)18(22)19-14-8-7-13(23-2)11-16(14)24-3/h7-8,10-11,15H,4-6,9H2,1-3H3,(H,19,22)/t15-/m1/s1. The number of rotatable bonds is 5. The van der Waals surface area contributed by atoms with Gasteiger partial charge in [-0.25, -0.2) is 4.79 Å². The minimum Gasteiger partial charge on any atom is -0.497 e. The van der Waals surface area contributed by atoms with E-state index >= 15 is 0 Å². The van der Waals surface area contributed by atoms with Crippen LogP contribution in [-0.4, -0.2) is 36.9 Å². The van der Waals surface area contributed by atoms with Crippen LogP contribution in [0.25, 0.3) is 0 Å². The van der Waals surface area contributed by atoms with E-state index in [1.807, 2.05) is 13.0 Å². The molecule has 0 aliphatic carbocycles. The van der Waals surface area contributed by atoms with Gasteiger partial charge in [0.25, 0.3) is 0 Å². The second-order valence-corrected chi connectivity index (χ2v) is 5.92. The summed E-state index contributed by atoms with van der Waals surface area (Å²) >= 11 is 0. The molecule has 2 aromatic rings. The fraction of sp³-hybridized carbons (Fsp3) is 0.444. The smallest absolute Gasteiger partial charge is 0.322 e. The van der Waals surface area contributed by atoms with Crippen molar-refractivity contribution in [1.29, 1.82) is 0 Å². The van der Waals surface area contributed by atoms with E-state index in [1.54, 1.807) is 37.3 Å². The zero-order valence-corrected chi connectivity index (χ0v) is 14.7. The first-order chi connectivity index (χ1) is 12.2. The van der Waals surface area contributed by atoms with Crippen molar-refractivity contribution in [2.24, 2.45) is 0 Å². The van der Waals surface area contributed by atoms with Gasteiger partial charge in [-0.3, -0.25) is 0 Å². The topological polar surface area (TPSA) is 76.8 Å². The van der Waals surface area contributed by atoms with Crippen LogP contribution in [0.1, 0.15) is 37.3 Å². The summed E-state index contributed by atoms with van der Waals surface area (Å²) in [6, 6.07) is 6.96. The third-order valence-electron chi connectivity index (χ3n) is 4.43. The number of benzene rings is 1. The van der Waals surface area contributed by atoms with Gasteiger partial charge in [0.1, 0.15) is 11.5 Å². The van der Waals surface area contributed by atoms with Crippen molar-refractivity contribution in [3.8, 4) is 11.5 Å². The van der Waals surface area contributed by atoms with Crippen molar-refractivity contribution in [3.05, 3.63) is 35.7 Å². The Labute approximate surface area is 146 Å². The number of aromatic nitrogens is 1. The minimum absolute atomic E-state index is 0.0861. The fourth-order valence-electron chi connectivity index (χ4n) is 3.05. The Morgan fingerprint density at radius 3 is 2.88 bits per heavy atom. The van der Waals surface area contributed by atoms with E-state index in [4.69, 9.17) is 14.0 Å². The summed E-state index contributed by atoms with van der Waals surface area (Å²) in [6.07, 6.45) is 2.61. The quantitative estimate of drug-likeness (QED) is 0.895. The Kier molecular flexibility index (Phi) is 5.11. The number of carbonyl (C=O) groups excluding carboxylic acids is 1. The van der Waals surface area contributed by atoms with Crippen LogP contribution in [0.4, 0.5) is 10.5 Å². The Balaban J connectivity index is 1.76. The van der Waals surface area contributed by atoms with Crippen molar-refractivity contribution in [2.75, 3.05) is 26.1 Å². The first kappa shape index (κ1) is 17.1. The van der Waals surface area contributed by atoms with E-state index in [0.29, 0.717) is 23.7 Å². The van der Waals surface area contributed by atoms with Gasteiger partial charge in [0.15, 0.2) is 5.76 Å². The summed E-state index contributed by atoms with van der Waals surface area (Å²) in [7, 11) is 3.15. The number of nitrogens with one attached hydrogen (secondary N) is 1. The lowest BCUT2D eigenvalue weighted by atomic mass is 10.1. The molecule has 0 bridgehead atoms. The summed E-state index contributed by atoms with van der Waals surface area (Å²) in [5.41, 5.74) is 1.50. The lowest BCUT2D eigenvalue weighted by Gasteiger charge is -2.23. The number of carbonyl (C=O) groups is 1. The highest BCUT2D eigenvalue weighted by molar-refractivity contribution is 5.91. The molecule has 134 valence electrons. The molecular weight excluding hydrogens is 322 g/mol. The summed E-state index contributed by atoms with van der Waals surface area (Å²) in [5.74, 6) is 1.96. The second-order valence-electron chi connectivity index (χ2n) is 5.92. The van der Waals surface area contributed by atoms with Gasteiger partial charge in [0.2, 0.25) is 0 Å². The molecule has 0 radical (unpaired) electrons. The first-order valence-electron chi connectivity index (χ1n) is 8.41. The predicted octanol–water partition coefficient (Wildman–Crippen LogP) is 3.62. The molecule has 1 atom stereocenters. The molecule has 1 aliphatic heterocycles. The van der Waals surface area contributed by atoms with Crippen LogP contribution in [-0.2, 0) is 6.42 Å². The average molecular weight is 345 g/mol. The number of aryl methyl sites for hydroxylation is 1. The molecule has 2 heterocycles. The van der Waals surface area contributed by atoms with Crippen LogP contribution in [0.3, 0.4) is 0 Å². The van der Waals surface area contributed by atoms with Crippen molar-refractivity contribution in [2.45, 2.75) is 32.2 Å². The van der Waals surface area contributed by atoms with Gasteiger partial charge in [-0.05, 0) is 31.4 Å². The van der Waals surface area contributed by atoms with Crippen LogP contribution >= 0.6 is 0 Å². The van der Waals surface area contributed by atoms with Crippen LogP contribution in [0.2, 0.25) is 0 Å². The molecular formula is C18H23N3O4. The van der Waals surface area contributed by atoms with Gasteiger partial charge in [-0.2, -0.15) is 0 Å². The van der Waals surface area contributed by atoms with Crippen molar-refractivity contribution < 1.29 is 18.8 Å². The van der Waals surface area contributed by atoms with Crippen LogP contribution in [0.15, 0.2) is 28.8 Å². The minimum atomic E-state index is -0.180. The van der Waals surface area contributed by atoms with Gasteiger partial charge in [0, 0.05) is 18.7 Å². The molecule has 1 fully saturated rings. The van der Waals surface area contributed by atoms with Gasteiger partial charge < -0.3 is 24.2 Å². The monoisotopic (exact) mass is 345 g/mol. The third kappa shape index (κ3) is 3.55. The SMILES string of the molecule is CCc1cc([C@H]2CCCN2C(=O)Nc2ccc(OC)cc2OC)on1. The summed E-state index contributed by atoms with van der Waals surface area (Å²) < 4.78 is 16.0. The van der Waals surface area contributed by atoms with Crippen LogP contribution in [0, 0.1) is 0 Å². The molecule has 25 heavy (non-hydrogen) atoms. The summed E-state index contributed by atoms with van der Waals surface area (Å²) in [4.78, 5) is 14.5. The maximum absolute atomic E-state index is 12.8. The lowest BCUT2D eigenvalue weighted by molar-refractivity contribution is 0.195. The number of urea groups is 1. The molecule has 2 amide bonds. The first-order valence-corrected chi connectivity index (χ1v) is 8.41. The van der Waals surface area contributed by atoms with Gasteiger partial charge >= 0.3 is 6.03 Å². The summed E-state index contributed by atoms with van der Waals surface area (Å²) in [5, 5.41) is 6.96. The number of nitrogens with zero attached hydrogens (tertiary/aromatic N) is 2. The van der Waals surface area contributed by atoms with E-state index in [-0.39, 0.29) is 12.1 Å². The maximum Gasteiger partial charge on any atom is 0.322 e. The largest absolute Gasteiger partial charge is 0.497 e. The molecule has 1 aromatic heterocycles. The number of ether oxygens (including phenoxy) is 2. The van der Waals surface area contributed by atoms with Crippen molar-refractivity contribution in [1.82, 2.24) is 10.1 Å². The molecule has 0 spiro atoms. The molecule has 0 saturated carbocycles. The zero-order valence-electron chi connectivity index (χ0n) is 14.7. The Bertz CT molecular complexity index is 744. The molecule has 7 heteroatoms. The van der Waals surface area contributed by atoms with E-state index in [2.05, 4.69) is 10.5 Å². The van der Waals surface area contributed by atoms with E-state index in [9.17, 15) is 4.79 Å². The summed E-state index contributed by atoms with van der Waals surface area (Å²) in [6.45, 7) is 2.70. The molecule has 1 aromatic carbocycles. The van der Waals surface area contributed by atoms with Crippen LogP contribution in [0.5, 0.6) is 11.5 Å². The Morgan fingerprint density at radius 1 is 1.36 bits per heavy atom. The Hall–Kier alpha value is -2.70. The maximum atomic E-state index is 12.8. The molecule has 0 unspecified atom stereocenters. The van der Waals surface area contributed by atoms with E-state index < -0.39 is 0 Å². The molecule has 1 aliphatic rings. The van der Waals surface area contributed by atoms with E-state index in [0.717, 1.165) is 30.7 Å². The number of hydrogen-bond acceptors (Lipinski definition) is 5. The van der Waals surface area contributed by atoms with Crippen molar-refractivity contribution >= 4 is 11.7 Å². The lowest BCUT2D eigenvalue weighted by Crippen LogP contribution is -2.34. The zero-order chi connectivity index (χ0) is 17.8. The predicted molar refractivity (Wildman–Crippen MR) is 93.1 cm³/mol. The van der Waals surface area contributed by atoms with Gasteiger partial charge in [0.05, 0.1) is 31.6 Å². The third-order valence-corrected chi connectivity index (χ3v) is 4.43. The fourth-order valence-corrected chi connectivity index (χ4v) is 3.05. The molecule has 7 nitrogen and oxygen atoms in total. The average Bonchev–Trinajstić information content (AvgIpc) is 3.30. The van der Waals surface area contributed by atoms with Crippen LogP contribution < -0.4 is 14.8 Å². The normalized spacial score (nSPS) is 16.8. The number of methoxy groups -OCH3 is 2. The van der Waals surface area contributed by atoms with Gasteiger partial charge in [-0.15, -0.1) is 0 Å². The van der Waals surface area contributed by atoms with Gasteiger partial charge in [-0.1, -0.05) is 12.1 Å². The molecule has 1 N–H and O–H groups in total. The second kappa shape index (κ2) is 7.46. The van der Waals surface area contributed by atoms with E-state index in [1.165, 1.54) is 0 Å². The number of hydrogen-bond donors (Lipinski definition) is 1. The Morgan fingerprint density at radius 2 is 2.20 bits per heavy atom. The number of anilines is 1. The highest BCUT2D eigenvalue weighted by Crippen LogP contribution is 2.34. The highest BCUT2D eigenvalue weighted by Gasteiger charge is 2.33. The number of amides is 2. The molecule has 1 saturated heterocycles.